The van der Waals surface area contributed by atoms with Crippen molar-refractivity contribution in [3.63, 3.8) is 0 Å². The molecule has 0 aliphatic rings. The van der Waals surface area contributed by atoms with Crippen LogP contribution in [0.15, 0.2) is 11.8 Å². The Labute approximate surface area is 91.5 Å². The summed E-state index contributed by atoms with van der Waals surface area (Å²) in [5.74, 6) is -0.642. The average molecular weight is 234 g/mol. The standard InChI is InChI=1S/C9H17NO4P/c1-8(9(11)14-15-12)7-13-6-5-10(2,3)4/h7H,5-6H2,1-4H3/q+1. The summed E-state index contributed by atoms with van der Waals surface area (Å²) in [4.78, 5) is 11.0. The maximum atomic E-state index is 11.0. The predicted octanol–water partition coefficient (Wildman–Crippen LogP) is 1.36. The molecule has 0 spiro atoms. The lowest BCUT2D eigenvalue weighted by Gasteiger charge is -2.23. The Morgan fingerprint density at radius 2 is 2.00 bits per heavy atom. The lowest BCUT2D eigenvalue weighted by Crippen LogP contribution is -2.37. The van der Waals surface area contributed by atoms with E-state index in [-0.39, 0.29) is 0 Å². The van der Waals surface area contributed by atoms with Gasteiger partial charge in [-0.25, -0.2) is 9.36 Å². The molecule has 0 aliphatic heterocycles. The molecule has 6 heteroatoms. The highest BCUT2D eigenvalue weighted by molar-refractivity contribution is 7.18. The first-order chi connectivity index (χ1) is 6.87. The van der Waals surface area contributed by atoms with Gasteiger partial charge in [0.15, 0.2) is 0 Å². The summed E-state index contributed by atoms with van der Waals surface area (Å²) < 4.78 is 20.1. The fraction of sp³-hybridized carbons (Fsp3) is 0.667. The summed E-state index contributed by atoms with van der Waals surface area (Å²) in [6, 6.07) is 0. The van der Waals surface area contributed by atoms with Crippen LogP contribution in [-0.2, 0) is 18.6 Å². The molecule has 5 nitrogen and oxygen atoms in total. The van der Waals surface area contributed by atoms with Gasteiger partial charge in [-0.1, -0.05) is 0 Å². The van der Waals surface area contributed by atoms with E-state index in [0.717, 1.165) is 11.0 Å². The Morgan fingerprint density at radius 3 is 2.47 bits per heavy atom. The maximum absolute atomic E-state index is 11.0. The summed E-state index contributed by atoms with van der Waals surface area (Å²) >= 11 is 0. The number of carbonyl (C=O) groups is 1. The summed E-state index contributed by atoms with van der Waals surface area (Å²) in [5.41, 5.74) is 0.291. The third-order valence-electron chi connectivity index (χ3n) is 1.58. The number of likely N-dealkylation sites (N-methyl/N-ethyl adjacent to an activating group) is 1. The first-order valence-electron chi connectivity index (χ1n) is 4.49. The Balaban J connectivity index is 3.86. The first-order valence-corrected chi connectivity index (χ1v) is 5.22. The molecule has 0 aliphatic carbocycles. The molecule has 0 unspecified atom stereocenters. The minimum Gasteiger partial charge on any atom is -0.495 e. The zero-order valence-corrected chi connectivity index (χ0v) is 10.4. The van der Waals surface area contributed by atoms with Gasteiger partial charge >= 0.3 is 14.7 Å². The number of hydrogen-bond acceptors (Lipinski definition) is 4. The van der Waals surface area contributed by atoms with E-state index in [1.165, 1.54) is 6.26 Å². The zero-order valence-electron chi connectivity index (χ0n) is 9.52. The van der Waals surface area contributed by atoms with Gasteiger partial charge in [-0.15, -0.1) is 0 Å². The number of hydrogen-bond donors (Lipinski definition) is 0. The highest BCUT2D eigenvalue weighted by Crippen LogP contribution is 2.03. The SMILES string of the molecule is CC(=COCC[N+](C)(C)C)C(=O)OP=O. The van der Waals surface area contributed by atoms with Crippen LogP contribution in [0.25, 0.3) is 0 Å². The van der Waals surface area contributed by atoms with Crippen LogP contribution in [0, 0.1) is 0 Å². The van der Waals surface area contributed by atoms with E-state index in [4.69, 9.17) is 4.74 Å². The van der Waals surface area contributed by atoms with Gasteiger partial charge in [0.1, 0.15) is 13.2 Å². The molecule has 0 rings (SSSR count). The van der Waals surface area contributed by atoms with Gasteiger partial charge in [0.05, 0.1) is 33.0 Å². The Kier molecular flexibility index (Phi) is 6.13. The van der Waals surface area contributed by atoms with Crippen LogP contribution in [-0.4, -0.2) is 44.7 Å². The number of quaternary nitrogens is 1. The van der Waals surface area contributed by atoms with Gasteiger partial charge in [0.2, 0.25) is 0 Å². The molecular formula is C9H17NO4P+. The van der Waals surface area contributed by atoms with Crippen molar-refractivity contribution < 1.29 is 23.1 Å². The van der Waals surface area contributed by atoms with Crippen LogP contribution in [0.5, 0.6) is 0 Å². The smallest absolute Gasteiger partial charge is 0.398 e. The van der Waals surface area contributed by atoms with Crippen molar-refractivity contribution in [1.82, 2.24) is 0 Å². The van der Waals surface area contributed by atoms with Crippen molar-refractivity contribution in [2.75, 3.05) is 34.3 Å². The van der Waals surface area contributed by atoms with E-state index in [2.05, 4.69) is 4.52 Å². The van der Waals surface area contributed by atoms with Crippen molar-refractivity contribution in [2.24, 2.45) is 0 Å². The van der Waals surface area contributed by atoms with Gasteiger partial charge < -0.3 is 13.7 Å². The van der Waals surface area contributed by atoms with E-state index in [9.17, 15) is 9.36 Å². The van der Waals surface area contributed by atoms with Gasteiger partial charge in [0.25, 0.3) is 0 Å². The summed E-state index contributed by atoms with van der Waals surface area (Å²) in [6.45, 7) is 2.89. The second-order valence-corrected chi connectivity index (χ2v) is 4.47. The van der Waals surface area contributed by atoms with E-state index in [1.54, 1.807) is 6.92 Å². The quantitative estimate of drug-likeness (QED) is 0.229. The predicted molar refractivity (Wildman–Crippen MR) is 56.3 cm³/mol. The molecule has 0 bridgehead atoms. The minimum atomic E-state index is -0.645. The molecule has 0 saturated carbocycles. The van der Waals surface area contributed by atoms with Crippen LogP contribution in [0.1, 0.15) is 6.92 Å². The van der Waals surface area contributed by atoms with Crippen molar-refractivity contribution >= 4 is 14.7 Å². The molecule has 0 aromatic heterocycles. The lowest BCUT2D eigenvalue weighted by molar-refractivity contribution is -0.870. The highest BCUT2D eigenvalue weighted by atomic mass is 31.1. The lowest BCUT2D eigenvalue weighted by atomic mass is 10.3. The van der Waals surface area contributed by atoms with E-state index >= 15 is 0 Å². The van der Waals surface area contributed by atoms with Gasteiger partial charge in [-0.2, -0.15) is 0 Å². The second kappa shape index (κ2) is 6.53. The van der Waals surface area contributed by atoms with E-state index < -0.39 is 14.7 Å². The molecule has 15 heavy (non-hydrogen) atoms. The Hall–Kier alpha value is -0.930. The number of carbonyl (C=O) groups excluding carboxylic acids is 1. The van der Waals surface area contributed by atoms with Gasteiger partial charge in [-0.05, 0) is 6.92 Å². The van der Waals surface area contributed by atoms with Crippen LogP contribution in [0.3, 0.4) is 0 Å². The highest BCUT2D eigenvalue weighted by Gasteiger charge is 2.08. The van der Waals surface area contributed by atoms with Crippen molar-refractivity contribution in [3.8, 4) is 0 Å². The second-order valence-electron chi connectivity index (χ2n) is 4.14. The third kappa shape index (κ3) is 8.09. The van der Waals surface area contributed by atoms with Crippen LogP contribution < -0.4 is 0 Å². The van der Waals surface area contributed by atoms with E-state index in [1.807, 2.05) is 21.1 Å². The largest absolute Gasteiger partial charge is 0.495 e. The average Bonchev–Trinajstić information content (AvgIpc) is 2.11. The fourth-order valence-corrected chi connectivity index (χ4v) is 0.876. The summed E-state index contributed by atoms with van der Waals surface area (Å²) in [6.07, 6.45) is 1.32. The molecule has 0 aromatic carbocycles. The van der Waals surface area contributed by atoms with Gasteiger partial charge in [-0.3, -0.25) is 0 Å². The molecule has 86 valence electrons. The number of nitrogens with zero attached hydrogens (tertiary/aromatic N) is 1. The molecule has 0 amide bonds. The molecule has 0 heterocycles. The normalized spacial score (nSPS) is 12.7. The van der Waals surface area contributed by atoms with Crippen LogP contribution in [0.4, 0.5) is 0 Å². The summed E-state index contributed by atoms with van der Waals surface area (Å²) in [5, 5.41) is 0. The van der Waals surface area contributed by atoms with Crippen LogP contribution >= 0.6 is 8.69 Å². The van der Waals surface area contributed by atoms with Crippen LogP contribution in [0.2, 0.25) is 0 Å². The zero-order chi connectivity index (χ0) is 11.9. The van der Waals surface area contributed by atoms with Gasteiger partial charge in [0, 0.05) is 0 Å². The Morgan fingerprint density at radius 1 is 1.40 bits per heavy atom. The van der Waals surface area contributed by atoms with Crippen molar-refractivity contribution in [1.29, 1.82) is 0 Å². The molecule has 0 radical (unpaired) electrons. The van der Waals surface area contributed by atoms with E-state index in [0.29, 0.717) is 12.2 Å². The molecule has 0 fully saturated rings. The monoisotopic (exact) mass is 234 g/mol. The van der Waals surface area contributed by atoms with Crippen molar-refractivity contribution in [2.45, 2.75) is 6.92 Å². The third-order valence-corrected chi connectivity index (χ3v) is 1.82. The summed E-state index contributed by atoms with van der Waals surface area (Å²) in [7, 11) is 5.49. The molecule has 0 N–H and O–H groups in total. The number of rotatable bonds is 6. The molecular weight excluding hydrogens is 217 g/mol. The number of ether oxygens (including phenoxy) is 1. The maximum Gasteiger partial charge on any atom is 0.398 e. The molecule has 0 atom stereocenters. The molecule has 0 saturated heterocycles. The van der Waals surface area contributed by atoms with Crippen molar-refractivity contribution in [3.05, 3.63) is 11.8 Å². The Bertz CT molecular complexity index is 257. The fourth-order valence-electron chi connectivity index (χ4n) is 0.664. The molecule has 0 aromatic rings. The topological polar surface area (TPSA) is 52.6 Å². The minimum absolute atomic E-state index is 0.291. The first kappa shape index (κ1) is 14.1.